The number of carbonyl (C=O) groups excluding carboxylic acids is 1. The summed E-state index contributed by atoms with van der Waals surface area (Å²) in [6.07, 6.45) is 6.56. The minimum absolute atomic E-state index is 0.286. The molecule has 0 radical (unpaired) electrons. The summed E-state index contributed by atoms with van der Waals surface area (Å²) in [6.45, 7) is 2.02. The normalized spacial score (nSPS) is 14.2. The van der Waals surface area contributed by atoms with Crippen molar-refractivity contribution >= 4 is 17.3 Å². The molecule has 0 atom stereocenters. The Balaban J connectivity index is 1.80. The first-order valence-corrected chi connectivity index (χ1v) is 9.48. The molecule has 1 aliphatic heterocycles. The van der Waals surface area contributed by atoms with Gasteiger partial charge in [0.05, 0.1) is 21.3 Å². The first-order valence-electron chi connectivity index (χ1n) is 9.48. The van der Waals surface area contributed by atoms with Crippen molar-refractivity contribution < 1.29 is 19.0 Å². The van der Waals surface area contributed by atoms with Crippen LogP contribution in [0.1, 0.15) is 36.2 Å². The van der Waals surface area contributed by atoms with Crippen LogP contribution >= 0.6 is 0 Å². The minimum atomic E-state index is -0.286. The summed E-state index contributed by atoms with van der Waals surface area (Å²) in [6, 6.07) is 7.19. The van der Waals surface area contributed by atoms with Gasteiger partial charge in [-0.25, -0.2) is 0 Å². The van der Waals surface area contributed by atoms with Crippen LogP contribution in [0, 0.1) is 0 Å². The summed E-state index contributed by atoms with van der Waals surface area (Å²) in [7, 11) is 4.61. The van der Waals surface area contributed by atoms with Crippen LogP contribution in [0.5, 0.6) is 17.2 Å². The number of nitrogens with zero attached hydrogens (tertiary/aromatic N) is 2. The number of rotatable bonds is 6. The number of amides is 1. The summed E-state index contributed by atoms with van der Waals surface area (Å²) in [5.41, 5.74) is 1.95. The molecule has 1 N–H and O–H groups in total. The Labute approximate surface area is 165 Å². The Morgan fingerprint density at radius 2 is 1.61 bits per heavy atom. The summed E-state index contributed by atoms with van der Waals surface area (Å²) in [5.74, 6) is 1.14. The average Bonchev–Trinajstić information content (AvgIpc) is 3.02. The van der Waals surface area contributed by atoms with Crippen LogP contribution in [0.25, 0.3) is 0 Å². The van der Waals surface area contributed by atoms with Crippen LogP contribution in [-0.2, 0) is 0 Å². The highest BCUT2D eigenvalue weighted by Gasteiger charge is 2.17. The van der Waals surface area contributed by atoms with E-state index in [0.717, 1.165) is 18.8 Å². The van der Waals surface area contributed by atoms with E-state index >= 15 is 0 Å². The van der Waals surface area contributed by atoms with Gasteiger partial charge in [0.25, 0.3) is 5.91 Å². The molecular weight excluding hydrogens is 358 g/mol. The number of methoxy groups -OCH3 is 3. The van der Waals surface area contributed by atoms with Crippen molar-refractivity contribution in [1.82, 2.24) is 4.98 Å². The third-order valence-corrected chi connectivity index (χ3v) is 4.87. The lowest BCUT2D eigenvalue weighted by molar-refractivity contribution is 0.102. The van der Waals surface area contributed by atoms with Crippen molar-refractivity contribution in [3.63, 3.8) is 0 Å². The van der Waals surface area contributed by atoms with Crippen LogP contribution in [-0.4, -0.2) is 45.3 Å². The maximum atomic E-state index is 12.8. The van der Waals surface area contributed by atoms with Gasteiger partial charge in [0.2, 0.25) is 5.75 Å². The SMILES string of the molecule is COc1cc(NC(=O)c2cc(N3CCCCCC3)ccn2)cc(OC)c1OC. The van der Waals surface area contributed by atoms with Gasteiger partial charge in [-0.3, -0.25) is 9.78 Å². The van der Waals surface area contributed by atoms with Crippen molar-refractivity contribution in [2.45, 2.75) is 25.7 Å². The summed E-state index contributed by atoms with van der Waals surface area (Å²) >= 11 is 0. The summed E-state index contributed by atoms with van der Waals surface area (Å²) in [5, 5.41) is 2.87. The predicted molar refractivity (Wildman–Crippen MR) is 109 cm³/mol. The third kappa shape index (κ3) is 4.47. The van der Waals surface area contributed by atoms with Gasteiger partial charge < -0.3 is 24.4 Å². The molecule has 0 spiro atoms. The molecular formula is C21H27N3O4. The van der Waals surface area contributed by atoms with Gasteiger partial charge in [-0.2, -0.15) is 0 Å². The topological polar surface area (TPSA) is 72.9 Å². The molecule has 7 nitrogen and oxygen atoms in total. The molecule has 150 valence electrons. The molecule has 28 heavy (non-hydrogen) atoms. The van der Waals surface area contributed by atoms with Gasteiger partial charge in [0.1, 0.15) is 5.69 Å². The van der Waals surface area contributed by atoms with Gasteiger partial charge in [-0.1, -0.05) is 12.8 Å². The van der Waals surface area contributed by atoms with E-state index in [2.05, 4.69) is 15.2 Å². The molecule has 3 rings (SSSR count). The second-order valence-corrected chi connectivity index (χ2v) is 6.67. The van der Waals surface area contributed by atoms with Crippen LogP contribution in [0.4, 0.5) is 11.4 Å². The highest BCUT2D eigenvalue weighted by molar-refractivity contribution is 6.03. The molecule has 0 saturated carbocycles. The molecule has 1 aromatic heterocycles. The van der Waals surface area contributed by atoms with Gasteiger partial charge in [-0.05, 0) is 25.0 Å². The van der Waals surface area contributed by atoms with E-state index in [4.69, 9.17) is 14.2 Å². The number of aromatic nitrogens is 1. The van der Waals surface area contributed by atoms with E-state index in [-0.39, 0.29) is 5.91 Å². The fraction of sp³-hybridized carbons (Fsp3) is 0.429. The Kier molecular flexibility index (Phi) is 6.57. The number of anilines is 2. The van der Waals surface area contributed by atoms with E-state index in [1.165, 1.54) is 47.0 Å². The zero-order valence-corrected chi connectivity index (χ0v) is 16.7. The number of ether oxygens (including phenoxy) is 3. The Morgan fingerprint density at radius 1 is 0.964 bits per heavy atom. The standard InChI is InChI=1S/C21H27N3O4/c1-26-18-12-15(13-19(27-2)20(18)28-3)23-21(25)17-14-16(8-9-22-17)24-10-6-4-5-7-11-24/h8-9,12-14H,4-7,10-11H2,1-3H3,(H,23,25). The van der Waals surface area contributed by atoms with Gasteiger partial charge in [0, 0.05) is 42.8 Å². The number of benzene rings is 1. The maximum absolute atomic E-state index is 12.8. The molecule has 7 heteroatoms. The van der Waals surface area contributed by atoms with Crippen molar-refractivity contribution in [2.24, 2.45) is 0 Å². The zero-order chi connectivity index (χ0) is 19.9. The lowest BCUT2D eigenvalue weighted by Crippen LogP contribution is -2.24. The number of hydrogen-bond acceptors (Lipinski definition) is 6. The molecule has 2 heterocycles. The second kappa shape index (κ2) is 9.30. The quantitative estimate of drug-likeness (QED) is 0.817. The van der Waals surface area contributed by atoms with E-state index in [9.17, 15) is 4.79 Å². The van der Waals surface area contributed by atoms with Gasteiger partial charge in [-0.15, -0.1) is 0 Å². The highest BCUT2D eigenvalue weighted by Crippen LogP contribution is 2.40. The molecule has 1 amide bonds. The molecule has 1 aliphatic rings. The number of carbonyl (C=O) groups is 1. The summed E-state index contributed by atoms with van der Waals surface area (Å²) < 4.78 is 16.0. The van der Waals surface area contributed by atoms with E-state index in [1.807, 2.05) is 12.1 Å². The largest absolute Gasteiger partial charge is 0.493 e. The molecule has 1 fully saturated rings. The lowest BCUT2D eigenvalue weighted by Gasteiger charge is -2.22. The number of pyridine rings is 1. The highest BCUT2D eigenvalue weighted by atomic mass is 16.5. The van der Waals surface area contributed by atoms with Gasteiger partial charge in [0.15, 0.2) is 11.5 Å². The van der Waals surface area contributed by atoms with E-state index in [1.54, 1.807) is 18.3 Å². The fourth-order valence-corrected chi connectivity index (χ4v) is 3.42. The minimum Gasteiger partial charge on any atom is -0.493 e. The van der Waals surface area contributed by atoms with Crippen molar-refractivity contribution in [3.05, 3.63) is 36.2 Å². The van der Waals surface area contributed by atoms with Gasteiger partial charge >= 0.3 is 0 Å². The Hall–Kier alpha value is -2.96. The molecule has 1 saturated heterocycles. The third-order valence-electron chi connectivity index (χ3n) is 4.87. The smallest absolute Gasteiger partial charge is 0.274 e. The predicted octanol–water partition coefficient (Wildman–Crippen LogP) is 3.74. The molecule has 0 unspecified atom stereocenters. The summed E-state index contributed by atoms with van der Waals surface area (Å²) in [4.78, 5) is 19.3. The van der Waals surface area contributed by atoms with Crippen LogP contribution < -0.4 is 24.4 Å². The second-order valence-electron chi connectivity index (χ2n) is 6.67. The van der Waals surface area contributed by atoms with E-state index in [0.29, 0.717) is 28.6 Å². The first-order chi connectivity index (χ1) is 13.7. The average molecular weight is 385 g/mol. The van der Waals surface area contributed by atoms with Crippen LogP contribution in [0.2, 0.25) is 0 Å². The lowest BCUT2D eigenvalue weighted by atomic mass is 10.2. The molecule has 2 aromatic rings. The van der Waals surface area contributed by atoms with Crippen molar-refractivity contribution in [2.75, 3.05) is 44.6 Å². The first kappa shape index (κ1) is 19.8. The molecule has 0 aliphatic carbocycles. The Morgan fingerprint density at radius 3 is 2.18 bits per heavy atom. The maximum Gasteiger partial charge on any atom is 0.274 e. The molecule has 1 aromatic carbocycles. The van der Waals surface area contributed by atoms with Crippen LogP contribution in [0.15, 0.2) is 30.5 Å². The van der Waals surface area contributed by atoms with Crippen molar-refractivity contribution in [3.8, 4) is 17.2 Å². The monoisotopic (exact) mass is 385 g/mol. The van der Waals surface area contributed by atoms with E-state index < -0.39 is 0 Å². The zero-order valence-electron chi connectivity index (χ0n) is 16.7. The van der Waals surface area contributed by atoms with Crippen molar-refractivity contribution in [1.29, 1.82) is 0 Å². The van der Waals surface area contributed by atoms with Crippen LogP contribution in [0.3, 0.4) is 0 Å². The number of nitrogens with one attached hydrogen (secondary N) is 1. The molecule has 0 bridgehead atoms. The number of hydrogen-bond donors (Lipinski definition) is 1. The Bertz CT molecular complexity index is 792. The fourth-order valence-electron chi connectivity index (χ4n) is 3.42.